The van der Waals surface area contributed by atoms with Gasteiger partial charge in [0, 0.05) is 56.2 Å². The number of fused-ring (bicyclic) bond motifs is 1. The number of piperidine rings is 1. The van der Waals surface area contributed by atoms with Gasteiger partial charge in [0.05, 0.1) is 7.11 Å². The molecule has 1 saturated heterocycles. The van der Waals surface area contributed by atoms with E-state index < -0.39 is 0 Å². The number of aromatic amines is 1. The first-order valence-corrected chi connectivity index (χ1v) is 10.3. The number of carbonyl (C=O) groups is 2. The quantitative estimate of drug-likeness (QED) is 0.666. The lowest BCUT2D eigenvalue weighted by Crippen LogP contribution is -2.43. The van der Waals surface area contributed by atoms with Crippen molar-refractivity contribution in [3.05, 3.63) is 30.0 Å². The molecule has 7 nitrogen and oxygen atoms in total. The van der Waals surface area contributed by atoms with E-state index in [1.807, 2.05) is 36.1 Å². The molecule has 1 aromatic carbocycles. The van der Waals surface area contributed by atoms with E-state index >= 15 is 0 Å². The molecule has 2 heterocycles. The monoisotopic (exact) mass is 401 g/mol. The van der Waals surface area contributed by atoms with E-state index in [-0.39, 0.29) is 17.7 Å². The average molecular weight is 402 g/mol. The summed E-state index contributed by atoms with van der Waals surface area (Å²) in [6.45, 7) is 4.61. The largest absolute Gasteiger partial charge is 0.497 e. The molecular formula is C22H31N3O4. The summed E-state index contributed by atoms with van der Waals surface area (Å²) >= 11 is 0. The van der Waals surface area contributed by atoms with Crippen LogP contribution >= 0.6 is 0 Å². The predicted octanol–water partition coefficient (Wildman–Crippen LogP) is 2.82. The molecular weight excluding hydrogens is 370 g/mol. The summed E-state index contributed by atoms with van der Waals surface area (Å²) in [6, 6.07) is 7.61. The van der Waals surface area contributed by atoms with Gasteiger partial charge in [0.15, 0.2) is 0 Å². The molecule has 0 radical (unpaired) electrons. The molecule has 3 rings (SSSR count). The summed E-state index contributed by atoms with van der Waals surface area (Å²) in [5.41, 5.74) is 1.48. The van der Waals surface area contributed by atoms with Crippen LogP contribution in [0.1, 0.15) is 36.7 Å². The van der Waals surface area contributed by atoms with Gasteiger partial charge >= 0.3 is 0 Å². The van der Waals surface area contributed by atoms with Crippen molar-refractivity contribution in [1.82, 2.24) is 15.2 Å². The van der Waals surface area contributed by atoms with Gasteiger partial charge in [-0.3, -0.25) is 9.59 Å². The highest BCUT2D eigenvalue weighted by Crippen LogP contribution is 2.27. The van der Waals surface area contributed by atoms with E-state index in [1.54, 1.807) is 14.2 Å². The predicted molar refractivity (Wildman–Crippen MR) is 112 cm³/mol. The molecule has 29 heavy (non-hydrogen) atoms. The van der Waals surface area contributed by atoms with Crippen molar-refractivity contribution < 1.29 is 19.1 Å². The van der Waals surface area contributed by atoms with Crippen molar-refractivity contribution in [3.63, 3.8) is 0 Å². The first kappa shape index (κ1) is 21.2. The number of ether oxygens (including phenoxy) is 2. The molecule has 2 amide bonds. The average Bonchev–Trinajstić information content (AvgIpc) is 3.19. The molecule has 7 heteroatoms. The second-order valence-electron chi connectivity index (χ2n) is 7.69. The van der Waals surface area contributed by atoms with Gasteiger partial charge in [0.1, 0.15) is 11.4 Å². The van der Waals surface area contributed by atoms with E-state index in [1.165, 1.54) is 0 Å². The molecule has 1 atom stereocenters. The minimum atomic E-state index is -0.0460. The smallest absolute Gasteiger partial charge is 0.270 e. The van der Waals surface area contributed by atoms with Crippen LogP contribution in [-0.4, -0.2) is 62.2 Å². The fourth-order valence-electron chi connectivity index (χ4n) is 3.92. The summed E-state index contributed by atoms with van der Waals surface area (Å²) in [7, 11) is 3.29. The van der Waals surface area contributed by atoms with E-state index in [0.717, 1.165) is 35.9 Å². The molecule has 0 saturated carbocycles. The number of hydrogen-bond acceptors (Lipinski definition) is 4. The fourth-order valence-corrected chi connectivity index (χ4v) is 3.92. The van der Waals surface area contributed by atoms with Crippen LogP contribution in [0, 0.1) is 11.8 Å². The second-order valence-corrected chi connectivity index (χ2v) is 7.69. The molecule has 1 aromatic heterocycles. The van der Waals surface area contributed by atoms with E-state index in [4.69, 9.17) is 9.47 Å². The summed E-state index contributed by atoms with van der Waals surface area (Å²) in [6.07, 6.45) is 2.50. The summed E-state index contributed by atoms with van der Waals surface area (Å²) in [4.78, 5) is 30.3. The minimum absolute atomic E-state index is 0.00953. The van der Waals surface area contributed by atoms with Gasteiger partial charge in [-0.2, -0.15) is 0 Å². The molecule has 1 fully saturated rings. The standard InChI is InChI=1S/C22H31N3O4/c1-15(21(26)23-9-4-12-28-2)16-7-10-25(11-8-16)22(27)20-13-17-5-6-18(29-3)14-19(17)24-20/h5-6,13-16,24H,4,7-12H2,1-3H3,(H,23,26)/t15-/m0/s1. The van der Waals surface area contributed by atoms with E-state index in [9.17, 15) is 9.59 Å². The van der Waals surface area contributed by atoms with E-state index in [0.29, 0.717) is 37.9 Å². The molecule has 2 aromatic rings. The Morgan fingerprint density at radius 3 is 2.69 bits per heavy atom. The lowest BCUT2D eigenvalue weighted by molar-refractivity contribution is -0.126. The SMILES string of the molecule is COCCCNC(=O)[C@@H](C)C1CCN(C(=O)c2cc3ccc(OC)cc3[nH]2)CC1. The molecule has 1 aliphatic heterocycles. The van der Waals surface area contributed by atoms with Gasteiger partial charge < -0.3 is 24.7 Å². The molecule has 158 valence electrons. The number of H-pyrrole nitrogens is 1. The number of methoxy groups -OCH3 is 2. The van der Waals surface area contributed by atoms with Crippen LogP contribution < -0.4 is 10.1 Å². The van der Waals surface area contributed by atoms with Crippen LogP contribution in [0.3, 0.4) is 0 Å². The van der Waals surface area contributed by atoms with Gasteiger partial charge in [-0.1, -0.05) is 6.92 Å². The van der Waals surface area contributed by atoms with Gasteiger partial charge in [0.25, 0.3) is 5.91 Å². The second kappa shape index (κ2) is 9.78. The van der Waals surface area contributed by atoms with Crippen LogP contribution in [-0.2, 0) is 9.53 Å². The molecule has 0 bridgehead atoms. The maximum atomic E-state index is 12.9. The van der Waals surface area contributed by atoms with Gasteiger partial charge in [0.2, 0.25) is 5.91 Å². The molecule has 1 aliphatic rings. The normalized spacial score (nSPS) is 16.0. The number of rotatable bonds is 8. The zero-order chi connectivity index (χ0) is 20.8. The summed E-state index contributed by atoms with van der Waals surface area (Å²) in [5.74, 6) is 1.11. The first-order chi connectivity index (χ1) is 14.0. The van der Waals surface area contributed by atoms with Crippen molar-refractivity contribution >= 4 is 22.7 Å². The Morgan fingerprint density at radius 1 is 1.24 bits per heavy atom. The highest BCUT2D eigenvalue weighted by atomic mass is 16.5. The maximum absolute atomic E-state index is 12.9. The number of nitrogens with one attached hydrogen (secondary N) is 2. The van der Waals surface area contributed by atoms with Crippen LogP contribution in [0.15, 0.2) is 24.3 Å². The zero-order valence-corrected chi connectivity index (χ0v) is 17.5. The summed E-state index contributed by atoms with van der Waals surface area (Å²) in [5, 5.41) is 3.97. The van der Waals surface area contributed by atoms with Gasteiger partial charge in [-0.15, -0.1) is 0 Å². The number of nitrogens with zero attached hydrogens (tertiary/aromatic N) is 1. The number of amides is 2. The molecule has 2 N–H and O–H groups in total. The Balaban J connectivity index is 1.53. The van der Waals surface area contributed by atoms with Gasteiger partial charge in [-0.05, 0) is 43.4 Å². The third-order valence-corrected chi connectivity index (χ3v) is 5.83. The summed E-state index contributed by atoms with van der Waals surface area (Å²) < 4.78 is 10.2. The Hall–Kier alpha value is -2.54. The number of hydrogen-bond donors (Lipinski definition) is 2. The number of benzene rings is 1. The Kier molecular flexibility index (Phi) is 7.14. The third kappa shape index (κ3) is 5.09. The lowest BCUT2D eigenvalue weighted by atomic mass is 9.84. The molecule has 0 unspecified atom stereocenters. The Morgan fingerprint density at radius 2 is 2.00 bits per heavy atom. The van der Waals surface area contributed by atoms with Crippen molar-refractivity contribution in [2.75, 3.05) is 40.5 Å². The Labute approximate surface area is 171 Å². The molecule has 0 spiro atoms. The minimum Gasteiger partial charge on any atom is -0.497 e. The van der Waals surface area contributed by atoms with Crippen molar-refractivity contribution in [2.45, 2.75) is 26.2 Å². The van der Waals surface area contributed by atoms with Crippen LogP contribution in [0.2, 0.25) is 0 Å². The van der Waals surface area contributed by atoms with Crippen LogP contribution in [0.25, 0.3) is 10.9 Å². The van der Waals surface area contributed by atoms with Crippen molar-refractivity contribution in [1.29, 1.82) is 0 Å². The lowest BCUT2D eigenvalue weighted by Gasteiger charge is -2.34. The van der Waals surface area contributed by atoms with Crippen LogP contribution in [0.4, 0.5) is 0 Å². The first-order valence-electron chi connectivity index (χ1n) is 10.3. The topological polar surface area (TPSA) is 83.7 Å². The van der Waals surface area contributed by atoms with Crippen molar-refractivity contribution in [3.8, 4) is 5.75 Å². The highest BCUT2D eigenvalue weighted by molar-refractivity contribution is 5.98. The maximum Gasteiger partial charge on any atom is 0.270 e. The van der Waals surface area contributed by atoms with Crippen LogP contribution in [0.5, 0.6) is 5.75 Å². The highest BCUT2D eigenvalue weighted by Gasteiger charge is 2.30. The zero-order valence-electron chi connectivity index (χ0n) is 17.5. The number of aromatic nitrogens is 1. The third-order valence-electron chi connectivity index (χ3n) is 5.83. The van der Waals surface area contributed by atoms with Gasteiger partial charge in [-0.25, -0.2) is 0 Å². The number of carbonyl (C=O) groups excluding carboxylic acids is 2. The Bertz CT molecular complexity index is 840. The number of likely N-dealkylation sites (tertiary alicyclic amines) is 1. The van der Waals surface area contributed by atoms with Crippen molar-refractivity contribution in [2.24, 2.45) is 11.8 Å². The van der Waals surface area contributed by atoms with E-state index in [2.05, 4.69) is 10.3 Å². The molecule has 0 aliphatic carbocycles. The fraction of sp³-hybridized carbons (Fsp3) is 0.545.